The van der Waals surface area contributed by atoms with Gasteiger partial charge >= 0.3 is 5.97 Å². The van der Waals surface area contributed by atoms with Gasteiger partial charge in [-0.15, -0.1) is 24.0 Å². The van der Waals surface area contributed by atoms with Crippen molar-refractivity contribution in [3.8, 4) is 5.75 Å². The highest BCUT2D eigenvalue weighted by Gasteiger charge is 2.17. The first-order valence-electron chi connectivity index (χ1n) is 11.0. The number of ether oxygens (including phenoxy) is 2. The van der Waals surface area contributed by atoms with E-state index in [1.807, 2.05) is 6.07 Å². The van der Waals surface area contributed by atoms with Crippen molar-refractivity contribution in [3.63, 3.8) is 0 Å². The third kappa shape index (κ3) is 8.43. The predicted octanol–water partition coefficient (Wildman–Crippen LogP) is 4.57. The van der Waals surface area contributed by atoms with Gasteiger partial charge in [-0.1, -0.05) is 31.5 Å². The highest BCUT2D eigenvalue weighted by molar-refractivity contribution is 14.0. The summed E-state index contributed by atoms with van der Waals surface area (Å²) in [6, 6.07) is 13.7. The quantitative estimate of drug-likeness (QED) is 0.0964. The molecule has 32 heavy (non-hydrogen) atoms. The standard InChI is InChI=1S/C25H34N2O4.HI/c1-5-8-18-30-23-12-10-9-11-22(23)24(28)26-21-15-13-20(14-16-21)25(29)31-19-17-27(4,6-2)7-3;/h9-16H,5-8,17-19H2,1-4H3;1H. The lowest BCUT2D eigenvalue weighted by atomic mass is 10.2. The lowest BCUT2D eigenvalue weighted by Crippen LogP contribution is -2.46. The van der Waals surface area contributed by atoms with Crippen molar-refractivity contribution in [2.45, 2.75) is 33.6 Å². The van der Waals surface area contributed by atoms with Crippen LogP contribution in [0.1, 0.15) is 49.5 Å². The number of nitrogens with zero attached hydrogens (tertiary/aromatic N) is 2. The highest BCUT2D eigenvalue weighted by atomic mass is 127. The zero-order valence-corrected chi connectivity index (χ0v) is 21.8. The number of unbranched alkanes of at least 4 members (excludes halogenated alkanes) is 1. The first kappa shape index (κ1) is 27.9. The zero-order valence-electron chi connectivity index (χ0n) is 19.5. The van der Waals surface area contributed by atoms with Crippen molar-refractivity contribution >= 4 is 41.5 Å². The molecule has 2 rings (SSSR count). The van der Waals surface area contributed by atoms with Crippen molar-refractivity contribution in [1.29, 1.82) is 0 Å². The largest absolute Gasteiger partial charge is 0.858 e. The average Bonchev–Trinajstić information content (AvgIpc) is 2.79. The van der Waals surface area contributed by atoms with Gasteiger partial charge in [0.25, 0.3) is 0 Å². The number of esters is 1. The van der Waals surface area contributed by atoms with Crippen LogP contribution in [0.2, 0.25) is 0 Å². The maximum atomic E-state index is 12.6. The van der Waals surface area contributed by atoms with Gasteiger partial charge < -0.3 is 19.1 Å². The van der Waals surface area contributed by atoms with E-state index in [1.165, 1.54) is 0 Å². The molecular formula is C25H35IN2O4. The molecule has 0 aliphatic carbocycles. The maximum Gasteiger partial charge on any atom is 0.338 e. The lowest BCUT2D eigenvalue weighted by molar-refractivity contribution is -0.906. The fraction of sp³-hybridized carbons (Fsp3) is 0.440. The number of carbonyl (C=O) groups is 1. The topological polar surface area (TPSA) is 71.0 Å². The summed E-state index contributed by atoms with van der Waals surface area (Å²) in [7, 11) is 2.15. The Hall–Kier alpha value is -2.13. The number of quaternary nitrogens is 1. The molecule has 0 aliphatic heterocycles. The molecule has 6 nitrogen and oxygen atoms in total. The summed E-state index contributed by atoms with van der Waals surface area (Å²) < 4.78 is 12.0. The molecule has 2 aromatic carbocycles. The van der Waals surface area contributed by atoms with Crippen LogP contribution in [-0.4, -0.2) is 56.2 Å². The summed E-state index contributed by atoms with van der Waals surface area (Å²) in [5.74, 6) is -0.209. The lowest BCUT2D eigenvalue weighted by Gasteiger charge is -2.31. The van der Waals surface area contributed by atoms with E-state index in [0.29, 0.717) is 35.8 Å². The van der Waals surface area contributed by atoms with Crippen molar-refractivity contribution in [2.75, 3.05) is 39.9 Å². The van der Waals surface area contributed by atoms with Gasteiger partial charge in [0.2, 0.25) is 0 Å². The van der Waals surface area contributed by atoms with Gasteiger partial charge in [0.05, 0.1) is 38.0 Å². The van der Waals surface area contributed by atoms with Crippen LogP contribution in [0, 0.1) is 0 Å². The van der Waals surface area contributed by atoms with Gasteiger partial charge in [-0.25, -0.2) is 4.79 Å². The van der Waals surface area contributed by atoms with Crippen LogP contribution in [0.15, 0.2) is 53.5 Å². The molecule has 0 atom stereocenters. The molecule has 0 amide bonds. The number of hydrogen-bond acceptors (Lipinski definition) is 5. The Morgan fingerprint density at radius 3 is 2.28 bits per heavy atom. The third-order valence-corrected chi connectivity index (χ3v) is 5.60. The minimum Gasteiger partial charge on any atom is -0.858 e. The van der Waals surface area contributed by atoms with Crippen LogP contribution in [0.3, 0.4) is 0 Å². The van der Waals surface area contributed by atoms with Gasteiger partial charge in [0.1, 0.15) is 18.9 Å². The van der Waals surface area contributed by atoms with Crippen LogP contribution < -0.4 is 9.84 Å². The average molecular weight is 554 g/mol. The zero-order chi connectivity index (χ0) is 22.7. The summed E-state index contributed by atoms with van der Waals surface area (Å²) in [6.07, 6.45) is 1.94. The Labute approximate surface area is 208 Å². The molecule has 0 bridgehead atoms. The Kier molecular flexibility index (Phi) is 12.3. The van der Waals surface area contributed by atoms with E-state index in [2.05, 4.69) is 32.8 Å². The molecule has 0 heterocycles. The summed E-state index contributed by atoms with van der Waals surface area (Å²) >= 11 is 0. The summed E-state index contributed by atoms with van der Waals surface area (Å²) in [6.45, 7) is 10.0. The normalized spacial score (nSPS) is 11.6. The summed E-state index contributed by atoms with van der Waals surface area (Å²) in [5, 5.41) is 12.6. The minimum absolute atomic E-state index is 0. The Bertz CT molecular complexity index is 865. The number of likely N-dealkylation sites (N-methyl/N-ethyl adjacent to an activating group) is 1. The first-order valence-corrected chi connectivity index (χ1v) is 11.0. The number of benzene rings is 2. The van der Waals surface area contributed by atoms with E-state index >= 15 is 0 Å². The monoisotopic (exact) mass is 554 g/mol. The minimum atomic E-state index is -0.376. The molecule has 0 N–H and O–H groups in total. The number of aliphatic imine (C=N–C) groups is 1. The SMILES string of the molecule is CCCCOc1ccccc1C([O-])=Nc1ccc(C(=O)OCC[N+](C)(CC)CC)cc1.I. The van der Waals surface area contributed by atoms with E-state index in [-0.39, 0.29) is 35.8 Å². The van der Waals surface area contributed by atoms with Crippen LogP contribution in [0.5, 0.6) is 5.75 Å². The Morgan fingerprint density at radius 2 is 1.66 bits per heavy atom. The number of para-hydroxylation sites is 1. The molecule has 0 saturated heterocycles. The highest BCUT2D eigenvalue weighted by Crippen LogP contribution is 2.21. The number of halogens is 1. The third-order valence-electron chi connectivity index (χ3n) is 5.60. The van der Waals surface area contributed by atoms with E-state index in [1.54, 1.807) is 42.5 Å². The van der Waals surface area contributed by atoms with Gasteiger partial charge in [-0.3, -0.25) is 4.99 Å². The number of hydrogen-bond donors (Lipinski definition) is 0. The summed E-state index contributed by atoms with van der Waals surface area (Å²) in [5.41, 5.74) is 1.35. The molecule has 0 unspecified atom stereocenters. The van der Waals surface area contributed by atoms with Crippen molar-refractivity contribution in [3.05, 3.63) is 59.7 Å². The molecule has 0 fully saturated rings. The Morgan fingerprint density at radius 1 is 1.00 bits per heavy atom. The van der Waals surface area contributed by atoms with E-state index in [9.17, 15) is 9.90 Å². The van der Waals surface area contributed by atoms with Gasteiger partial charge in [0, 0.05) is 5.56 Å². The van der Waals surface area contributed by atoms with Gasteiger partial charge in [-0.2, -0.15) is 0 Å². The molecule has 0 aromatic heterocycles. The van der Waals surface area contributed by atoms with Crippen LogP contribution >= 0.6 is 24.0 Å². The fourth-order valence-corrected chi connectivity index (χ4v) is 2.93. The van der Waals surface area contributed by atoms with Crippen LogP contribution in [0.25, 0.3) is 0 Å². The fourth-order valence-electron chi connectivity index (χ4n) is 2.93. The van der Waals surface area contributed by atoms with Crippen molar-refractivity contribution in [2.24, 2.45) is 4.99 Å². The number of carbonyl (C=O) groups excluding carboxylic acids is 1. The van der Waals surface area contributed by atoms with Gasteiger partial charge in [0.15, 0.2) is 0 Å². The first-order chi connectivity index (χ1) is 14.9. The van der Waals surface area contributed by atoms with Crippen molar-refractivity contribution in [1.82, 2.24) is 0 Å². The predicted molar refractivity (Wildman–Crippen MR) is 137 cm³/mol. The molecule has 2 aromatic rings. The Balaban J connectivity index is 0.00000512. The van der Waals surface area contributed by atoms with E-state index < -0.39 is 0 Å². The second kappa shape index (κ2) is 14.1. The van der Waals surface area contributed by atoms with Crippen molar-refractivity contribution < 1.29 is 23.9 Å². The van der Waals surface area contributed by atoms with E-state index in [4.69, 9.17) is 9.47 Å². The van der Waals surface area contributed by atoms with Gasteiger partial charge in [-0.05, 0) is 56.5 Å². The molecule has 176 valence electrons. The molecule has 0 radical (unpaired) electrons. The number of rotatable bonds is 12. The second-order valence-corrected chi connectivity index (χ2v) is 7.77. The molecule has 7 heteroatoms. The second-order valence-electron chi connectivity index (χ2n) is 7.77. The van der Waals surface area contributed by atoms with Crippen LogP contribution in [0.4, 0.5) is 5.69 Å². The molecule has 0 saturated carbocycles. The molecular weight excluding hydrogens is 519 g/mol. The van der Waals surface area contributed by atoms with Crippen LogP contribution in [-0.2, 0) is 4.74 Å². The summed E-state index contributed by atoms with van der Waals surface area (Å²) in [4.78, 5) is 16.5. The van der Waals surface area contributed by atoms with E-state index in [0.717, 1.165) is 37.0 Å². The maximum absolute atomic E-state index is 12.6. The smallest absolute Gasteiger partial charge is 0.338 e. The molecule has 0 spiro atoms. The molecule has 0 aliphatic rings.